The van der Waals surface area contributed by atoms with Crippen molar-refractivity contribution in [1.82, 2.24) is 14.8 Å². The van der Waals surface area contributed by atoms with Crippen molar-refractivity contribution in [2.75, 3.05) is 19.6 Å². The number of halogens is 11. The van der Waals surface area contributed by atoms with Crippen LogP contribution in [0.25, 0.3) is 11.1 Å². The monoisotopic (exact) mass is 789 g/mol. The van der Waals surface area contributed by atoms with Gasteiger partial charge in [0.05, 0.1) is 29.2 Å². The van der Waals surface area contributed by atoms with E-state index >= 15 is 4.39 Å². The molecule has 2 aliphatic heterocycles. The topological polar surface area (TPSA) is 101 Å². The number of alkyl halides is 10. The van der Waals surface area contributed by atoms with Gasteiger partial charge in [0.2, 0.25) is 5.91 Å². The fourth-order valence-corrected chi connectivity index (χ4v) is 6.60. The summed E-state index contributed by atoms with van der Waals surface area (Å²) in [5.74, 6) is -6.45. The number of amides is 1. The maximum atomic E-state index is 15.9. The summed E-state index contributed by atoms with van der Waals surface area (Å²) in [4.78, 5) is 41.2. The van der Waals surface area contributed by atoms with Crippen LogP contribution in [0.15, 0.2) is 71.7 Å². The van der Waals surface area contributed by atoms with Crippen molar-refractivity contribution in [3.8, 4) is 22.6 Å². The highest BCUT2D eigenvalue weighted by molar-refractivity contribution is 5.85. The first-order valence-electron chi connectivity index (χ1n) is 16.2. The van der Waals surface area contributed by atoms with Crippen LogP contribution in [0.5, 0.6) is 11.5 Å². The molecule has 0 unspecified atom stereocenters. The summed E-state index contributed by atoms with van der Waals surface area (Å²) in [5.41, 5.74) is -10.4. The number of nitrogens with one attached hydrogen (secondary N) is 1. The molecule has 0 radical (unpaired) electrons. The molecule has 0 spiro atoms. The summed E-state index contributed by atoms with van der Waals surface area (Å²) < 4.78 is 164. The molecule has 2 atom stereocenters. The highest BCUT2D eigenvalue weighted by atomic mass is 19.4. The first kappa shape index (κ1) is 39.2. The van der Waals surface area contributed by atoms with Crippen molar-refractivity contribution in [2.45, 2.75) is 49.6 Å². The number of hydrogen-bond acceptors (Lipinski definition) is 5. The molecule has 3 heterocycles. The smallest absolute Gasteiger partial charge is 0.419 e. The minimum absolute atomic E-state index is 0.0643. The molecule has 4 aromatic rings. The first-order chi connectivity index (χ1) is 25.6. The Bertz CT molecular complexity index is 2210. The van der Waals surface area contributed by atoms with E-state index in [1.165, 1.54) is 23.1 Å². The predicted molar refractivity (Wildman–Crippen MR) is 170 cm³/mol. The first-order valence-corrected chi connectivity index (χ1v) is 16.2. The van der Waals surface area contributed by atoms with Crippen LogP contribution in [0.1, 0.15) is 51.9 Å². The third kappa shape index (κ3) is 8.16. The lowest BCUT2D eigenvalue weighted by Gasteiger charge is -2.34. The van der Waals surface area contributed by atoms with Gasteiger partial charge in [-0.05, 0) is 59.5 Å². The minimum atomic E-state index is -5.57. The maximum absolute atomic E-state index is 15.9. The van der Waals surface area contributed by atoms with Crippen LogP contribution < -0.4 is 15.6 Å². The number of carbonyl (C=O) groups is 2. The second-order valence-corrected chi connectivity index (χ2v) is 12.9. The summed E-state index contributed by atoms with van der Waals surface area (Å²) in [6.07, 6.45) is -18.1. The van der Waals surface area contributed by atoms with E-state index in [9.17, 15) is 63.4 Å². The molecular weight excluding hydrogens is 763 g/mol. The van der Waals surface area contributed by atoms with Crippen LogP contribution >= 0.6 is 0 Å². The molecule has 1 saturated heterocycles. The number of likely N-dealkylation sites (tertiary alicyclic amines) is 1. The predicted octanol–water partition coefficient (Wildman–Crippen LogP) is 7.93. The fourth-order valence-electron chi connectivity index (χ4n) is 6.60. The van der Waals surface area contributed by atoms with E-state index < -0.39 is 118 Å². The molecule has 1 amide bonds. The van der Waals surface area contributed by atoms with Gasteiger partial charge in [0, 0.05) is 43.0 Å². The lowest BCUT2D eigenvalue weighted by Crippen LogP contribution is -2.49. The summed E-state index contributed by atoms with van der Waals surface area (Å²) in [6, 6.07) is 3.37. The number of nitrogens with zero attached hydrogens (tertiary/aromatic N) is 2. The van der Waals surface area contributed by atoms with Gasteiger partial charge in [0.15, 0.2) is 0 Å². The lowest BCUT2D eigenvalue weighted by molar-refractivity contribution is -0.140. The van der Waals surface area contributed by atoms with E-state index in [-0.39, 0.29) is 43.1 Å². The van der Waals surface area contributed by atoms with E-state index in [0.29, 0.717) is 22.9 Å². The Morgan fingerprint density at radius 1 is 0.855 bits per heavy atom. The number of carboxylic acid groups (broad SMARTS) is 1. The minimum Gasteiger partial charge on any atom is -0.481 e. The zero-order valence-electron chi connectivity index (χ0n) is 27.8. The third-order valence-electron chi connectivity index (χ3n) is 9.10. The summed E-state index contributed by atoms with van der Waals surface area (Å²) in [7, 11) is 0. The number of rotatable bonds is 6. The van der Waals surface area contributed by atoms with Gasteiger partial charge >= 0.3 is 24.5 Å². The van der Waals surface area contributed by atoms with Crippen molar-refractivity contribution in [3.05, 3.63) is 116 Å². The Balaban J connectivity index is 1.62. The van der Waals surface area contributed by atoms with Crippen LogP contribution in [0, 0.1) is 5.82 Å². The second-order valence-electron chi connectivity index (χ2n) is 12.9. The molecule has 4 bridgehead atoms. The molecule has 0 aliphatic carbocycles. The maximum Gasteiger partial charge on any atom is 0.419 e. The van der Waals surface area contributed by atoms with Gasteiger partial charge in [0.25, 0.3) is 5.56 Å². The van der Waals surface area contributed by atoms with Crippen molar-refractivity contribution >= 4 is 11.9 Å². The largest absolute Gasteiger partial charge is 0.481 e. The quantitative estimate of drug-likeness (QED) is 0.193. The van der Waals surface area contributed by atoms with Crippen molar-refractivity contribution in [2.24, 2.45) is 0 Å². The third-order valence-corrected chi connectivity index (χ3v) is 9.10. The number of hydrogen-bond donors (Lipinski definition) is 2. The number of carbonyl (C=O) groups excluding carboxylic acids is 1. The normalized spacial score (nSPS) is 18.2. The van der Waals surface area contributed by atoms with E-state index in [1.54, 1.807) is 0 Å². The van der Waals surface area contributed by atoms with E-state index in [2.05, 4.69) is 5.32 Å². The molecule has 3 aromatic carbocycles. The Hall–Kier alpha value is -5.46. The van der Waals surface area contributed by atoms with Crippen LogP contribution in [-0.2, 0) is 34.5 Å². The van der Waals surface area contributed by atoms with E-state index in [0.717, 1.165) is 18.2 Å². The number of benzene rings is 3. The van der Waals surface area contributed by atoms with Gasteiger partial charge in [-0.2, -0.15) is 39.5 Å². The Morgan fingerprint density at radius 3 is 2.13 bits per heavy atom. The standard InChI is InChI=1S/C36H26F11N3O5/c37-20-15-49(16-20)8-7-18-14-50(28(51)12-24(18)35(42,43)44)32-17-3-1-4-21(9-17)55-27-6-2-5-23(34(39,40)41)30(27)19-10-22(26(13-29(52)53)48-33(32)54)31(38)25(11-19)36(45,46)47/h1-6,9-12,14,20,26,32H,7-8,13,15-16H2,(H,48,54)(H,52,53)/t26-,32+/m1/s1. The van der Waals surface area contributed by atoms with Gasteiger partial charge < -0.3 is 15.2 Å². The molecular formula is C36H26F11N3O5. The van der Waals surface area contributed by atoms with Crippen molar-refractivity contribution < 1.29 is 67.7 Å². The molecule has 0 saturated carbocycles. The fraction of sp³-hybridized carbons (Fsp3) is 0.306. The summed E-state index contributed by atoms with van der Waals surface area (Å²) in [6.45, 7) is -0.227. The van der Waals surface area contributed by atoms with E-state index in [1.807, 2.05) is 0 Å². The zero-order chi connectivity index (χ0) is 40.2. The molecule has 55 heavy (non-hydrogen) atoms. The van der Waals surface area contributed by atoms with Crippen molar-refractivity contribution in [1.29, 1.82) is 0 Å². The number of fused-ring (bicyclic) bond motifs is 6. The Morgan fingerprint density at radius 2 is 1.51 bits per heavy atom. The molecule has 1 fully saturated rings. The van der Waals surface area contributed by atoms with Gasteiger partial charge in [-0.1, -0.05) is 18.2 Å². The molecule has 6 rings (SSSR count). The van der Waals surface area contributed by atoms with Crippen LogP contribution in [0.4, 0.5) is 48.3 Å². The van der Waals surface area contributed by atoms with Gasteiger partial charge in [-0.3, -0.25) is 23.9 Å². The summed E-state index contributed by atoms with van der Waals surface area (Å²) >= 11 is 0. The number of aromatic nitrogens is 1. The molecule has 19 heteroatoms. The van der Waals surface area contributed by atoms with Gasteiger partial charge in [-0.25, -0.2) is 8.78 Å². The number of pyridine rings is 1. The molecule has 2 aliphatic rings. The van der Waals surface area contributed by atoms with E-state index in [4.69, 9.17) is 4.74 Å². The molecule has 292 valence electrons. The summed E-state index contributed by atoms with van der Waals surface area (Å²) in [5, 5.41) is 11.8. The SMILES string of the molecule is O=C(O)C[C@H]1NC(=O)[C@@H](n2cc(CCN3CC(F)C3)c(C(F)(F)F)cc2=O)c2cccc(c2)Oc2cccc(C(F)(F)F)c2-c2cc1c(F)c(C(F)(F)F)c2. The molecule has 1 aromatic heterocycles. The number of aliphatic carboxylic acids is 1. The number of carboxylic acids is 1. The van der Waals surface area contributed by atoms with Crippen LogP contribution in [0.2, 0.25) is 0 Å². The molecule has 8 nitrogen and oxygen atoms in total. The zero-order valence-corrected chi connectivity index (χ0v) is 27.8. The highest BCUT2D eigenvalue weighted by Gasteiger charge is 2.42. The molecule has 2 N–H and O–H groups in total. The van der Waals surface area contributed by atoms with Crippen LogP contribution in [0.3, 0.4) is 0 Å². The van der Waals surface area contributed by atoms with Gasteiger partial charge in [0.1, 0.15) is 29.5 Å². The van der Waals surface area contributed by atoms with Gasteiger partial charge in [-0.15, -0.1) is 0 Å². The Labute approximate surface area is 302 Å². The lowest BCUT2D eigenvalue weighted by atomic mass is 9.91. The second kappa shape index (κ2) is 14.3. The van der Waals surface area contributed by atoms with Crippen molar-refractivity contribution in [3.63, 3.8) is 0 Å². The average Bonchev–Trinajstić information content (AvgIpc) is 3.05. The average molecular weight is 790 g/mol. The van der Waals surface area contributed by atoms with Crippen LogP contribution in [-0.4, -0.2) is 52.3 Å². The highest BCUT2D eigenvalue weighted by Crippen LogP contribution is 2.47. The Kier molecular flexibility index (Phi) is 10.2. The number of ether oxygens (including phenoxy) is 1.